The van der Waals surface area contributed by atoms with Gasteiger partial charge in [0.1, 0.15) is 18.3 Å². The average molecular weight is 693 g/mol. The Morgan fingerprint density at radius 2 is 1.56 bits per heavy atom. The molecular formula is C35H38BrN3O5S. The molecule has 0 aliphatic heterocycles. The molecule has 4 aromatic carbocycles. The van der Waals surface area contributed by atoms with Crippen LogP contribution in [0.1, 0.15) is 29.2 Å². The van der Waals surface area contributed by atoms with E-state index in [9.17, 15) is 18.0 Å². The van der Waals surface area contributed by atoms with Crippen molar-refractivity contribution in [3.63, 3.8) is 0 Å². The minimum Gasteiger partial charge on any atom is -0.496 e. The molecule has 0 aromatic heterocycles. The molecule has 0 saturated carbocycles. The van der Waals surface area contributed by atoms with Crippen molar-refractivity contribution in [1.29, 1.82) is 0 Å². The van der Waals surface area contributed by atoms with E-state index in [1.54, 1.807) is 30.3 Å². The molecule has 0 saturated heterocycles. The molecule has 0 fully saturated rings. The van der Waals surface area contributed by atoms with Crippen LogP contribution in [0.25, 0.3) is 0 Å². The van der Waals surface area contributed by atoms with Gasteiger partial charge in [-0.15, -0.1) is 0 Å². The Hall–Kier alpha value is -4.15. The van der Waals surface area contributed by atoms with E-state index in [2.05, 4.69) is 21.2 Å². The average Bonchev–Trinajstić information content (AvgIpc) is 3.02. The van der Waals surface area contributed by atoms with Gasteiger partial charge in [-0.25, -0.2) is 8.42 Å². The van der Waals surface area contributed by atoms with Crippen LogP contribution in [0, 0.1) is 13.8 Å². The van der Waals surface area contributed by atoms with E-state index >= 15 is 0 Å². The number of methoxy groups -OCH3 is 1. The summed E-state index contributed by atoms with van der Waals surface area (Å²) in [5, 5.41) is 2.88. The molecule has 0 bridgehead atoms. The number of hydrogen-bond donors (Lipinski definition) is 1. The van der Waals surface area contributed by atoms with Gasteiger partial charge in [0.15, 0.2) is 0 Å². The lowest BCUT2D eigenvalue weighted by Gasteiger charge is -2.34. The van der Waals surface area contributed by atoms with Crippen molar-refractivity contribution in [3.8, 4) is 5.75 Å². The van der Waals surface area contributed by atoms with Gasteiger partial charge in [-0.05, 0) is 78.2 Å². The molecule has 0 radical (unpaired) electrons. The zero-order chi connectivity index (χ0) is 32.6. The quantitative estimate of drug-likeness (QED) is 0.184. The van der Waals surface area contributed by atoms with Crippen LogP contribution < -0.4 is 14.4 Å². The smallest absolute Gasteiger partial charge is 0.264 e. The summed E-state index contributed by atoms with van der Waals surface area (Å²) in [5.41, 5.74) is 3.98. The molecule has 2 amide bonds. The number of nitrogens with zero attached hydrogens (tertiary/aromatic N) is 2. The van der Waals surface area contributed by atoms with Crippen LogP contribution in [-0.2, 0) is 32.6 Å². The molecule has 0 aliphatic rings. The van der Waals surface area contributed by atoms with Gasteiger partial charge in [-0.3, -0.25) is 13.9 Å². The van der Waals surface area contributed by atoms with Crippen molar-refractivity contribution in [2.24, 2.45) is 0 Å². The molecule has 0 unspecified atom stereocenters. The van der Waals surface area contributed by atoms with Crippen molar-refractivity contribution < 1.29 is 22.7 Å². The predicted octanol–water partition coefficient (Wildman–Crippen LogP) is 6.05. The summed E-state index contributed by atoms with van der Waals surface area (Å²) in [6.45, 7) is 5.66. The number of halogens is 1. The second kappa shape index (κ2) is 15.2. The normalized spacial score (nSPS) is 11.8. The fraction of sp³-hybridized carbons (Fsp3) is 0.257. The Labute approximate surface area is 274 Å². The van der Waals surface area contributed by atoms with E-state index in [1.807, 2.05) is 75.4 Å². The number of hydrogen-bond acceptors (Lipinski definition) is 5. The second-order valence-electron chi connectivity index (χ2n) is 10.8. The summed E-state index contributed by atoms with van der Waals surface area (Å²) in [6.07, 6.45) is 0.257. The molecule has 236 valence electrons. The topological polar surface area (TPSA) is 96.0 Å². The highest BCUT2D eigenvalue weighted by atomic mass is 79.9. The predicted molar refractivity (Wildman–Crippen MR) is 181 cm³/mol. The Kier molecular flexibility index (Phi) is 11.4. The van der Waals surface area contributed by atoms with E-state index in [-0.39, 0.29) is 23.8 Å². The molecule has 0 aliphatic carbocycles. The first-order valence-electron chi connectivity index (χ1n) is 14.6. The minimum atomic E-state index is -4.24. The highest BCUT2D eigenvalue weighted by molar-refractivity contribution is 9.10. The first-order valence-corrected chi connectivity index (χ1v) is 16.9. The van der Waals surface area contributed by atoms with Crippen LogP contribution in [0.4, 0.5) is 5.69 Å². The number of carbonyl (C=O) groups excluding carboxylic acids is 2. The van der Waals surface area contributed by atoms with Crippen LogP contribution in [0.15, 0.2) is 106 Å². The number of sulfonamides is 1. The number of amides is 2. The SMILES string of the molecule is CCNC(=O)[C@@H](Cc1ccccc1)N(Cc1cccc(C)c1)C(=O)CN(c1ccc(C)cc1)S(=O)(=O)c1ccc(OC)c(Br)c1. The molecule has 1 N–H and O–H groups in total. The number of carbonyl (C=O) groups is 2. The van der Waals surface area contributed by atoms with E-state index in [0.29, 0.717) is 22.5 Å². The Bertz CT molecular complexity index is 1730. The van der Waals surface area contributed by atoms with Gasteiger partial charge in [-0.2, -0.15) is 0 Å². The zero-order valence-corrected chi connectivity index (χ0v) is 28.3. The number of nitrogens with one attached hydrogen (secondary N) is 1. The van der Waals surface area contributed by atoms with Gasteiger partial charge in [0.25, 0.3) is 10.0 Å². The van der Waals surface area contributed by atoms with Gasteiger partial charge >= 0.3 is 0 Å². The van der Waals surface area contributed by atoms with Crippen molar-refractivity contribution in [3.05, 3.63) is 124 Å². The highest BCUT2D eigenvalue weighted by Gasteiger charge is 2.34. The number of aryl methyl sites for hydroxylation is 2. The van der Waals surface area contributed by atoms with Crippen LogP contribution >= 0.6 is 15.9 Å². The third-order valence-corrected chi connectivity index (χ3v) is 9.76. The van der Waals surface area contributed by atoms with E-state index in [4.69, 9.17) is 4.74 Å². The summed E-state index contributed by atoms with van der Waals surface area (Å²) in [7, 11) is -2.74. The maximum absolute atomic E-state index is 14.5. The fourth-order valence-electron chi connectivity index (χ4n) is 5.03. The molecule has 8 nitrogen and oxygen atoms in total. The lowest BCUT2D eigenvalue weighted by atomic mass is 10.0. The molecule has 0 heterocycles. The van der Waals surface area contributed by atoms with Gasteiger partial charge < -0.3 is 15.0 Å². The minimum absolute atomic E-state index is 0.0154. The fourth-order valence-corrected chi connectivity index (χ4v) is 7.16. The van der Waals surface area contributed by atoms with Crippen LogP contribution in [0.2, 0.25) is 0 Å². The maximum atomic E-state index is 14.5. The summed E-state index contributed by atoms with van der Waals surface area (Å²) >= 11 is 3.39. The number of benzene rings is 4. The third kappa shape index (κ3) is 8.52. The van der Waals surface area contributed by atoms with Crippen LogP contribution in [-0.4, -0.2) is 51.4 Å². The zero-order valence-electron chi connectivity index (χ0n) is 25.9. The number of anilines is 1. The summed E-state index contributed by atoms with van der Waals surface area (Å²) in [4.78, 5) is 29.6. The molecular weight excluding hydrogens is 654 g/mol. The Morgan fingerprint density at radius 1 is 0.867 bits per heavy atom. The van der Waals surface area contributed by atoms with Crippen molar-refractivity contribution in [2.75, 3.05) is 24.5 Å². The first kappa shape index (κ1) is 33.7. The standard InChI is InChI=1S/C35H38BrN3O5S/c1-5-37-35(41)32(21-27-11-7-6-8-12-27)38(23-28-13-9-10-26(3)20-28)34(40)24-39(29-16-14-25(2)15-17-29)45(42,43)30-18-19-33(44-4)31(36)22-30/h6-20,22,32H,5,21,23-24H2,1-4H3,(H,37,41)/t32-/m1/s1. The van der Waals surface area contributed by atoms with E-state index < -0.39 is 28.5 Å². The molecule has 0 spiro atoms. The molecule has 4 aromatic rings. The summed E-state index contributed by atoms with van der Waals surface area (Å²) in [6, 6.07) is 27.7. The molecule has 1 atom stereocenters. The van der Waals surface area contributed by atoms with Gasteiger partial charge in [0.2, 0.25) is 11.8 Å². The number of ether oxygens (including phenoxy) is 1. The van der Waals surface area contributed by atoms with Crippen LogP contribution in [0.5, 0.6) is 5.75 Å². The van der Waals surface area contributed by atoms with Gasteiger partial charge in [0, 0.05) is 19.5 Å². The highest BCUT2D eigenvalue weighted by Crippen LogP contribution is 2.31. The lowest BCUT2D eigenvalue weighted by Crippen LogP contribution is -2.53. The summed E-state index contributed by atoms with van der Waals surface area (Å²) in [5.74, 6) is -0.353. The largest absolute Gasteiger partial charge is 0.496 e. The summed E-state index contributed by atoms with van der Waals surface area (Å²) < 4.78 is 35.3. The Morgan fingerprint density at radius 3 is 2.18 bits per heavy atom. The first-order chi connectivity index (χ1) is 21.5. The number of rotatable bonds is 13. The molecule has 10 heteroatoms. The van der Waals surface area contributed by atoms with E-state index in [1.165, 1.54) is 24.1 Å². The van der Waals surface area contributed by atoms with E-state index in [0.717, 1.165) is 26.6 Å². The van der Waals surface area contributed by atoms with Gasteiger partial charge in [0.05, 0.1) is 22.2 Å². The van der Waals surface area contributed by atoms with Gasteiger partial charge in [-0.1, -0.05) is 77.9 Å². The van der Waals surface area contributed by atoms with Crippen molar-refractivity contribution >= 4 is 43.5 Å². The van der Waals surface area contributed by atoms with Crippen molar-refractivity contribution in [1.82, 2.24) is 10.2 Å². The third-order valence-electron chi connectivity index (χ3n) is 7.37. The monoisotopic (exact) mass is 691 g/mol. The van der Waals surface area contributed by atoms with Crippen molar-refractivity contribution in [2.45, 2.75) is 44.7 Å². The molecule has 4 rings (SSSR count). The number of likely N-dealkylation sites (N-methyl/N-ethyl adjacent to an activating group) is 1. The second-order valence-corrected chi connectivity index (χ2v) is 13.5. The maximum Gasteiger partial charge on any atom is 0.264 e. The lowest BCUT2D eigenvalue weighted by molar-refractivity contribution is -0.140. The van der Waals surface area contributed by atoms with Crippen LogP contribution in [0.3, 0.4) is 0 Å². The molecule has 45 heavy (non-hydrogen) atoms. The Balaban J connectivity index is 1.81.